The Hall–Kier alpha value is -1.31. The molecule has 4 fully saturated rings. The maximum atomic E-state index is 4.75. The maximum Gasteiger partial charge on any atom is 0.0961 e. The van der Waals surface area contributed by atoms with Crippen molar-refractivity contribution in [1.29, 1.82) is 0 Å². The van der Waals surface area contributed by atoms with Gasteiger partial charge in [0.2, 0.25) is 0 Å². The number of hydrogen-bond donors (Lipinski definition) is 0. The second-order valence-electron chi connectivity index (χ2n) is 12.8. The van der Waals surface area contributed by atoms with E-state index in [1.165, 1.54) is 63.3 Å². The van der Waals surface area contributed by atoms with E-state index in [4.69, 9.17) is 4.98 Å². The van der Waals surface area contributed by atoms with Gasteiger partial charge in [0.15, 0.2) is 0 Å². The van der Waals surface area contributed by atoms with Crippen LogP contribution in [0.2, 0.25) is 0 Å². The molecule has 7 atom stereocenters. The first kappa shape index (κ1) is 19.4. The minimum absolute atomic E-state index is 0.446. The number of hydrogen-bond acceptors (Lipinski definition) is 1. The number of rotatable bonds is 1. The van der Waals surface area contributed by atoms with Gasteiger partial charge in [0.25, 0.3) is 0 Å². The Bertz CT molecular complexity index is 956. The van der Waals surface area contributed by atoms with Gasteiger partial charge in [-0.2, -0.15) is 0 Å². The standard InChI is InChI=1S/C28H40N2/c1-26(2)15-16-27(3)19(17-26)9-10-20-21-11-12-25(28(21,4)14-13-22(20)27)30-18-29-23-7-5-6-8-24(23)30/h5-8,18-22,25H,9-17H2,1-4H3/t19-,20?,21?,22?,25?,27?,28+/m1/s1. The lowest BCUT2D eigenvalue weighted by atomic mass is 9.43. The monoisotopic (exact) mass is 404 g/mol. The third-order valence-corrected chi connectivity index (χ3v) is 11.0. The largest absolute Gasteiger partial charge is 0.327 e. The highest BCUT2D eigenvalue weighted by molar-refractivity contribution is 5.75. The quantitative estimate of drug-likeness (QED) is 0.477. The van der Waals surface area contributed by atoms with Crippen molar-refractivity contribution < 1.29 is 0 Å². The molecule has 2 nitrogen and oxygen atoms in total. The Kier molecular flexibility index (Phi) is 4.11. The lowest BCUT2D eigenvalue weighted by molar-refractivity contribution is -0.125. The molecule has 6 rings (SSSR count). The van der Waals surface area contributed by atoms with Gasteiger partial charge in [-0.15, -0.1) is 0 Å². The Balaban J connectivity index is 1.32. The first-order chi connectivity index (χ1) is 14.3. The van der Waals surface area contributed by atoms with Gasteiger partial charge in [-0.25, -0.2) is 4.98 Å². The SMILES string of the molecule is CC1(C)CCC2(C)C3CC[C@@]4(C)C(CCC4n4cnc5ccccc54)C3CC[C@@H]2C1. The van der Waals surface area contributed by atoms with Crippen LogP contribution >= 0.6 is 0 Å². The number of fused-ring (bicyclic) bond motifs is 6. The Labute approximate surface area is 182 Å². The van der Waals surface area contributed by atoms with Crippen LogP contribution in [0.4, 0.5) is 0 Å². The zero-order valence-corrected chi connectivity index (χ0v) is 19.5. The fraction of sp³-hybridized carbons (Fsp3) is 0.750. The van der Waals surface area contributed by atoms with Crippen molar-refractivity contribution in [3.8, 4) is 0 Å². The normalized spacial score (nSPS) is 45.0. The smallest absolute Gasteiger partial charge is 0.0961 e. The summed E-state index contributed by atoms with van der Waals surface area (Å²) in [6.45, 7) is 10.4. The lowest BCUT2D eigenvalue weighted by Crippen LogP contribution is -2.54. The summed E-state index contributed by atoms with van der Waals surface area (Å²) in [4.78, 5) is 4.75. The van der Waals surface area contributed by atoms with Gasteiger partial charge in [0, 0.05) is 6.04 Å². The van der Waals surface area contributed by atoms with Crippen LogP contribution in [0.25, 0.3) is 11.0 Å². The van der Waals surface area contributed by atoms with Crippen LogP contribution in [0, 0.1) is 39.9 Å². The second-order valence-corrected chi connectivity index (χ2v) is 12.8. The Morgan fingerprint density at radius 2 is 1.63 bits per heavy atom. The van der Waals surface area contributed by atoms with Gasteiger partial charge >= 0.3 is 0 Å². The number of imidazole rings is 1. The van der Waals surface area contributed by atoms with Gasteiger partial charge in [-0.3, -0.25) is 0 Å². The van der Waals surface area contributed by atoms with E-state index in [9.17, 15) is 0 Å². The fourth-order valence-electron chi connectivity index (χ4n) is 9.29. The third-order valence-electron chi connectivity index (χ3n) is 11.0. The van der Waals surface area contributed by atoms with Crippen molar-refractivity contribution in [1.82, 2.24) is 9.55 Å². The molecular formula is C28H40N2. The summed E-state index contributed by atoms with van der Waals surface area (Å²) < 4.78 is 2.56. The average Bonchev–Trinajstić information content (AvgIpc) is 3.29. The van der Waals surface area contributed by atoms with Crippen molar-refractivity contribution in [3.63, 3.8) is 0 Å². The molecule has 1 heterocycles. The summed E-state index contributed by atoms with van der Waals surface area (Å²) in [5, 5.41) is 0. The molecule has 1 aromatic carbocycles. The van der Waals surface area contributed by atoms with E-state index < -0.39 is 0 Å². The molecule has 0 bridgehead atoms. The van der Waals surface area contributed by atoms with Crippen LogP contribution in [0.1, 0.15) is 91.5 Å². The summed E-state index contributed by atoms with van der Waals surface area (Å²) in [5.41, 5.74) is 4.13. The average molecular weight is 405 g/mol. The molecule has 0 N–H and O–H groups in total. The van der Waals surface area contributed by atoms with Crippen LogP contribution in [0.3, 0.4) is 0 Å². The lowest BCUT2D eigenvalue weighted by Gasteiger charge is -2.62. The van der Waals surface area contributed by atoms with Gasteiger partial charge < -0.3 is 4.57 Å². The zero-order chi connectivity index (χ0) is 20.7. The molecule has 4 aliphatic carbocycles. The zero-order valence-electron chi connectivity index (χ0n) is 19.5. The van der Waals surface area contributed by atoms with Crippen molar-refractivity contribution in [2.24, 2.45) is 39.9 Å². The van der Waals surface area contributed by atoms with E-state index in [0.717, 1.165) is 29.2 Å². The molecule has 4 aliphatic rings. The van der Waals surface area contributed by atoms with Crippen LogP contribution in [-0.2, 0) is 0 Å². The molecule has 0 saturated heterocycles. The maximum absolute atomic E-state index is 4.75. The minimum atomic E-state index is 0.446. The molecule has 0 amide bonds. The molecule has 2 heteroatoms. The van der Waals surface area contributed by atoms with Crippen molar-refractivity contribution >= 4 is 11.0 Å². The Morgan fingerprint density at radius 3 is 2.50 bits per heavy atom. The van der Waals surface area contributed by atoms with Crippen LogP contribution in [0.5, 0.6) is 0 Å². The second kappa shape index (κ2) is 6.36. The fourth-order valence-corrected chi connectivity index (χ4v) is 9.29. The molecule has 5 unspecified atom stereocenters. The summed E-state index contributed by atoms with van der Waals surface area (Å²) >= 11 is 0. The first-order valence-electron chi connectivity index (χ1n) is 12.7. The van der Waals surface area contributed by atoms with E-state index in [1.54, 1.807) is 0 Å². The predicted molar refractivity (Wildman–Crippen MR) is 124 cm³/mol. The van der Waals surface area contributed by atoms with E-state index in [2.05, 4.69) is 62.9 Å². The minimum Gasteiger partial charge on any atom is -0.327 e. The van der Waals surface area contributed by atoms with E-state index in [-0.39, 0.29) is 0 Å². The summed E-state index contributed by atoms with van der Waals surface area (Å²) in [5.74, 6) is 3.83. The van der Waals surface area contributed by atoms with Crippen LogP contribution in [0.15, 0.2) is 30.6 Å². The molecule has 0 spiro atoms. The molecule has 0 radical (unpaired) electrons. The molecule has 1 aromatic heterocycles. The number of para-hydroxylation sites is 2. The van der Waals surface area contributed by atoms with Gasteiger partial charge in [0.1, 0.15) is 0 Å². The number of benzene rings is 1. The molecule has 4 saturated carbocycles. The predicted octanol–water partition coefficient (Wildman–Crippen LogP) is 7.65. The van der Waals surface area contributed by atoms with Crippen molar-refractivity contribution in [2.75, 3.05) is 0 Å². The topological polar surface area (TPSA) is 17.8 Å². The molecule has 30 heavy (non-hydrogen) atoms. The molecule has 0 aliphatic heterocycles. The van der Waals surface area contributed by atoms with Crippen LogP contribution < -0.4 is 0 Å². The highest BCUT2D eigenvalue weighted by Crippen LogP contribution is 2.69. The molecular weight excluding hydrogens is 364 g/mol. The van der Waals surface area contributed by atoms with E-state index in [1.807, 2.05) is 0 Å². The molecule has 162 valence electrons. The summed E-state index contributed by atoms with van der Waals surface area (Å²) in [7, 11) is 0. The number of aromatic nitrogens is 2. The summed E-state index contributed by atoms with van der Waals surface area (Å²) in [6.07, 6.45) is 15.2. The Morgan fingerprint density at radius 1 is 0.833 bits per heavy atom. The third kappa shape index (κ3) is 2.58. The van der Waals surface area contributed by atoms with Crippen molar-refractivity contribution in [3.05, 3.63) is 30.6 Å². The highest BCUT2D eigenvalue weighted by Gasteiger charge is 2.61. The van der Waals surface area contributed by atoms with E-state index >= 15 is 0 Å². The summed E-state index contributed by atoms with van der Waals surface area (Å²) in [6, 6.07) is 9.38. The van der Waals surface area contributed by atoms with Gasteiger partial charge in [-0.1, -0.05) is 39.8 Å². The van der Waals surface area contributed by atoms with Crippen molar-refractivity contribution in [2.45, 2.75) is 91.5 Å². The number of nitrogens with zero attached hydrogens (tertiary/aromatic N) is 2. The molecule has 2 aromatic rings. The van der Waals surface area contributed by atoms with Gasteiger partial charge in [0.05, 0.1) is 17.4 Å². The van der Waals surface area contributed by atoms with Crippen LogP contribution in [-0.4, -0.2) is 9.55 Å². The van der Waals surface area contributed by atoms with Gasteiger partial charge in [-0.05, 0) is 110 Å². The highest BCUT2D eigenvalue weighted by atomic mass is 15.1. The van der Waals surface area contributed by atoms with E-state index in [0.29, 0.717) is 22.3 Å². The first-order valence-corrected chi connectivity index (χ1v) is 12.7.